The van der Waals surface area contributed by atoms with E-state index in [1.54, 1.807) is 6.07 Å². The van der Waals surface area contributed by atoms with Gasteiger partial charge in [0.15, 0.2) is 0 Å². The monoisotopic (exact) mass is 371 g/mol. The Balaban J connectivity index is 1.38. The van der Waals surface area contributed by atoms with Crippen LogP contribution >= 0.6 is 11.6 Å². The zero-order chi connectivity index (χ0) is 18.4. The van der Waals surface area contributed by atoms with Crippen molar-refractivity contribution in [3.05, 3.63) is 64.7 Å². The molecule has 2 aromatic rings. The summed E-state index contributed by atoms with van der Waals surface area (Å²) in [4.78, 5) is 14.6. The van der Waals surface area contributed by atoms with E-state index in [0.717, 1.165) is 43.7 Å². The molecule has 0 spiro atoms. The van der Waals surface area contributed by atoms with Gasteiger partial charge in [0.05, 0.1) is 0 Å². The van der Waals surface area contributed by atoms with Gasteiger partial charge in [-0.3, -0.25) is 0 Å². The molecule has 0 radical (unpaired) electrons. The van der Waals surface area contributed by atoms with E-state index in [1.165, 1.54) is 5.56 Å². The average molecular weight is 372 g/mol. The van der Waals surface area contributed by atoms with Gasteiger partial charge in [-0.1, -0.05) is 48.0 Å². The minimum absolute atomic E-state index is 0.168. The smallest absolute Gasteiger partial charge is 0.319 e. The molecule has 0 saturated carbocycles. The van der Waals surface area contributed by atoms with E-state index in [4.69, 9.17) is 11.6 Å². The highest BCUT2D eigenvalue weighted by molar-refractivity contribution is 6.31. The van der Waals surface area contributed by atoms with Crippen molar-refractivity contribution >= 4 is 23.3 Å². The predicted molar refractivity (Wildman–Crippen MR) is 108 cm³/mol. The van der Waals surface area contributed by atoms with Crippen molar-refractivity contribution in [2.75, 3.05) is 31.5 Å². The molecule has 1 heterocycles. The van der Waals surface area contributed by atoms with E-state index in [-0.39, 0.29) is 6.03 Å². The Hall–Kier alpha value is -2.04. The molecular formula is C21H26ClN3O. The van der Waals surface area contributed by atoms with Crippen LogP contribution in [0.4, 0.5) is 10.5 Å². The van der Waals surface area contributed by atoms with E-state index < -0.39 is 0 Å². The quantitative estimate of drug-likeness (QED) is 0.793. The third kappa shape index (κ3) is 5.48. The Morgan fingerprint density at radius 1 is 1.23 bits per heavy atom. The zero-order valence-corrected chi connectivity index (χ0v) is 15.9. The number of benzene rings is 2. The Kier molecular flexibility index (Phi) is 6.53. The number of carbonyl (C=O) groups is 1. The number of urea groups is 1. The van der Waals surface area contributed by atoms with Crippen LogP contribution in [-0.2, 0) is 6.42 Å². The molecule has 1 unspecified atom stereocenters. The third-order valence-electron chi connectivity index (χ3n) is 4.93. The van der Waals surface area contributed by atoms with Crippen LogP contribution in [-0.4, -0.2) is 37.1 Å². The van der Waals surface area contributed by atoms with Crippen LogP contribution in [0.3, 0.4) is 0 Å². The maximum atomic E-state index is 12.1. The minimum Gasteiger partial charge on any atom is -0.338 e. The molecule has 1 aliphatic rings. The highest BCUT2D eigenvalue weighted by Crippen LogP contribution is 2.20. The lowest BCUT2D eigenvalue weighted by Gasteiger charge is -2.16. The molecule has 2 amide bonds. The Bertz CT molecular complexity index is 735. The van der Waals surface area contributed by atoms with Gasteiger partial charge in [0.2, 0.25) is 0 Å². The highest BCUT2D eigenvalue weighted by atomic mass is 35.5. The average Bonchev–Trinajstić information content (AvgIpc) is 3.10. The van der Waals surface area contributed by atoms with Crippen molar-refractivity contribution in [1.29, 1.82) is 0 Å². The predicted octanol–water partition coefficient (Wildman–Crippen LogP) is 4.33. The van der Waals surface area contributed by atoms with Gasteiger partial charge >= 0.3 is 6.03 Å². The van der Waals surface area contributed by atoms with Crippen molar-refractivity contribution in [2.24, 2.45) is 5.92 Å². The number of aryl methyl sites for hydroxylation is 1. The highest BCUT2D eigenvalue weighted by Gasteiger charge is 2.22. The fourth-order valence-corrected chi connectivity index (χ4v) is 3.52. The number of nitrogens with zero attached hydrogens (tertiary/aromatic N) is 1. The van der Waals surface area contributed by atoms with Crippen LogP contribution in [0.25, 0.3) is 0 Å². The van der Waals surface area contributed by atoms with Crippen molar-refractivity contribution < 1.29 is 4.79 Å². The summed E-state index contributed by atoms with van der Waals surface area (Å²) in [6.07, 6.45) is 2.21. The van der Waals surface area contributed by atoms with Gasteiger partial charge in [-0.2, -0.15) is 0 Å². The second-order valence-electron chi connectivity index (χ2n) is 6.99. The van der Waals surface area contributed by atoms with E-state index in [0.29, 0.717) is 17.5 Å². The first-order valence-corrected chi connectivity index (χ1v) is 9.55. The molecule has 5 heteroatoms. The van der Waals surface area contributed by atoms with Crippen LogP contribution in [0.2, 0.25) is 5.02 Å². The van der Waals surface area contributed by atoms with Gasteiger partial charge in [0, 0.05) is 30.3 Å². The molecule has 0 aliphatic carbocycles. The second-order valence-corrected chi connectivity index (χ2v) is 7.42. The second kappa shape index (κ2) is 9.06. The van der Waals surface area contributed by atoms with Crippen molar-refractivity contribution in [1.82, 2.24) is 10.2 Å². The maximum Gasteiger partial charge on any atom is 0.319 e. The molecular weight excluding hydrogens is 346 g/mol. The summed E-state index contributed by atoms with van der Waals surface area (Å²) in [5.41, 5.74) is 3.13. The number of nitrogens with one attached hydrogen (secondary N) is 2. The Morgan fingerprint density at radius 3 is 2.85 bits per heavy atom. The first kappa shape index (κ1) is 18.7. The number of rotatable bonds is 6. The summed E-state index contributed by atoms with van der Waals surface area (Å²) in [6, 6.07) is 15.9. The van der Waals surface area contributed by atoms with Crippen LogP contribution in [0.15, 0.2) is 48.5 Å². The zero-order valence-electron chi connectivity index (χ0n) is 15.2. The molecule has 1 aliphatic heterocycles. The lowest BCUT2D eigenvalue weighted by molar-refractivity contribution is 0.249. The maximum absolute atomic E-state index is 12.1. The van der Waals surface area contributed by atoms with Gasteiger partial charge in [-0.05, 0) is 55.5 Å². The molecule has 1 saturated heterocycles. The van der Waals surface area contributed by atoms with Gasteiger partial charge in [0.25, 0.3) is 0 Å². The molecule has 2 N–H and O–H groups in total. The van der Waals surface area contributed by atoms with Gasteiger partial charge < -0.3 is 15.5 Å². The van der Waals surface area contributed by atoms with E-state index in [2.05, 4.69) is 45.9 Å². The van der Waals surface area contributed by atoms with Crippen LogP contribution in [0.1, 0.15) is 17.5 Å². The lowest BCUT2D eigenvalue weighted by atomic mass is 10.1. The summed E-state index contributed by atoms with van der Waals surface area (Å²) in [5.74, 6) is 0.511. The first-order chi connectivity index (χ1) is 12.6. The standard InChI is InChI=1S/C21H26ClN3O/c1-16-7-8-19(22)13-20(16)24-21(26)23-14-18-10-12-25(15-18)11-9-17-5-3-2-4-6-17/h2-8,13,18H,9-12,14-15H2,1H3,(H2,23,24,26). The minimum atomic E-state index is -0.168. The normalized spacial score (nSPS) is 17.2. The number of carbonyl (C=O) groups excluding carboxylic acids is 1. The van der Waals surface area contributed by atoms with Gasteiger partial charge in [-0.15, -0.1) is 0 Å². The molecule has 0 aromatic heterocycles. The van der Waals surface area contributed by atoms with Crippen molar-refractivity contribution in [3.63, 3.8) is 0 Å². The van der Waals surface area contributed by atoms with Gasteiger partial charge in [-0.25, -0.2) is 4.79 Å². The molecule has 2 aromatic carbocycles. The SMILES string of the molecule is Cc1ccc(Cl)cc1NC(=O)NCC1CCN(CCc2ccccc2)C1. The topological polar surface area (TPSA) is 44.4 Å². The number of halogens is 1. The van der Waals surface area contributed by atoms with E-state index in [9.17, 15) is 4.79 Å². The van der Waals surface area contributed by atoms with E-state index >= 15 is 0 Å². The van der Waals surface area contributed by atoms with Crippen LogP contribution in [0.5, 0.6) is 0 Å². The van der Waals surface area contributed by atoms with E-state index in [1.807, 2.05) is 19.1 Å². The van der Waals surface area contributed by atoms with Crippen LogP contribution in [0, 0.1) is 12.8 Å². The Morgan fingerprint density at radius 2 is 2.04 bits per heavy atom. The lowest BCUT2D eigenvalue weighted by Crippen LogP contribution is -2.34. The van der Waals surface area contributed by atoms with Crippen LogP contribution < -0.4 is 10.6 Å². The number of amides is 2. The molecule has 1 atom stereocenters. The number of likely N-dealkylation sites (tertiary alicyclic amines) is 1. The fourth-order valence-electron chi connectivity index (χ4n) is 3.35. The molecule has 3 rings (SSSR count). The fraction of sp³-hybridized carbons (Fsp3) is 0.381. The summed E-state index contributed by atoms with van der Waals surface area (Å²) in [5, 5.41) is 6.50. The summed E-state index contributed by atoms with van der Waals surface area (Å²) < 4.78 is 0. The molecule has 0 bridgehead atoms. The molecule has 26 heavy (non-hydrogen) atoms. The Labute approximate surface area is 160 Å². The van der Waals surface area contributed by atoms with Crippen molar-refractivity contribution in [3.8, 4) is 0 Å². The molecule has 138 valence electrons. The first-order valence-electron chi connectivity index (χ1n) is 9.17. The summed E-state index contributed by atoms with van der Waals surface area (Å²) in [7, 11) is 0. The number of anilines is 1. The van der Waals surface area contributed by atoms with Crippen molar-refractivity contribution in [2.45, 2.75) is 19.8 Å². The number of hydrogen-bond donors (Lipinski definition) is 2. The molecule has 1 fully saturated rings. The summed E-state index contributed by atoms with van der Waals surface area (Å²) in [6.45, 7) is 5.88. The summed E-state index contributed by atoms with van der Waals surface area (Å²) >= 11 is 5.99. The van der Waals surface area contributed by atoms with Gasteiger partial charge in [0.1, 0.15) is 0 Å². The third-order valence-corrected chi connectivity index (χ3v) is 5.16. The molecule has 4 nitrogen and oxygen atoms in total. The number of hydrogen-bond acceptors (Lipinski definition) is 2. The largest absolute Gasteiger partial charge is 0.338 e.